The molecule has 0 saturated heterocycles. The summed E-state index contributed by atoms with van der Waals surface area (Å²) >= 11 is 0. The number of rotatable bonds is 17. The predicted octanol–water partition coefficient (Wildman–Crippen LogP) is 9.31. The Bertz CT molecular complexity index is 1620. The third kappa shape index (κ3) is 9.78. The number of halogens is 18. The van der Waals surface area contributed by atoms with E-state index in [0.29, 0.717) is 24.8 Å². The summed E-state index contributed by atoms with van der Waals surface area (Å²) in [5, 5.41) is 2.92. The van der Waals surface area contributed by atoms with Gasteiger partial charge in [-0.3, -0.25) is 0 Å². The Morgan fingerprint density at radius 1 is 0.667 bits per heavy atom. The van der Waals surface area contributed by atoms with Gasteiger partial charge in [-0.1, -0.05) is 51.9 Å². The monoisotopic (exact) mass is 847 g/mol. The van der Waals surface area contributed by atoms with Crippen LogP contribution < -0.4 is 9.30 Å². The molecule has 0 spiro atoms. The lowest BCUT2D eigenvalue weighted by Gasteiger charge is -2.40. The summed E-state index contributed by atoms with van der Waals surface area (Å²) in [6.07, 6.45) is 0.590. The fraction of sp³-hybridized carbons (Fsp3) is 0.714. The smallest absolute Gasteiger partial charge is 0.485 e. The fourth-order valence-corrected chi connectivity index (χ4v) is 4.46. The number of aromatic nitrogens is 3. The molecule has 2 aromatic rings. The first-order chi connectivity index (χ1) is 24.1. The van der Waals surface area contributed by atoms with Crippen molar-refractivity contribution < 1.29 is 101 Å². The molecule has 1 aromatic heterocycles. The first-order valence-corrected chi connectivity index (χ1v) is 16.5. The van der Waals surface area contributed by atoms with Crippen LogP contribution in [0.25, 0.3) is 11.4 Å². The number of alkyl halides is 18. The van der Waals surface area contributed by atoms with Crippen molar-refractivity contribution in [1.82, 2.24) is 9.78 Å². The number of aryl methyl sites for hydroxylation is 1. The number of nitrogens with zero attached hydrogens (tertiary/aromatic N) is 3. The topological polar surface area (TPSA) is 88.1 Å². The lowest BCUT2D eigenvalue weighted by atomic mass is 9.91. The Balaban J connectivity index is 0.00000163. The Morgan fingerprint density at radius 2 is 1.06 bits per heavy atom. The van der Waals surface area contributed by atoms with Gasteiger partial charge in [-0.05, 0) is 30.7 Å². The maximum atomic E-state index is 14.9. The molecule has 54 heavy (non-hydrogen) atoms. The van der Waals surface area contributed by atoms with E-state index in [1.54, 1.807) is 0 Å². The van der Waals surface area contributed by atoms with Crippen LogP contribution in [0.1, 0.15) is 64.1 Å². The van der Waals surface area contributed by atoms with E-state index in [1.165, 1.54) is 30.7 Å². The summed E-state index contributed by atoms with van der Waals surface area (Å²) in [6, 6.07) is 5.03. The normalized spacial score (nSPS) is 14.2. The first-order valence-electron chi connectivity index (χ1n) is 15.1. The third-order valence-electron chi connectivity index (χ3n) is 7.46. The minimum absolute atomic E-state index is 0.000961. The van der Waals surface area contributed by atoms with Crippen molar-refractivity contribution in [2.45, 2.75) is 106 Å². The molecule has 0 amide bonds. The van der Waals surface area contributed by atoms with Gasteiger partial charge in [-0.2, -0.15) is 79.0 Å². The van der Waals surface area contributed by atoms with Crippen molar-refractivity contribution in [2.24, 2.45) is 14.1 Å². The van der Waals surface area contributed by atoms with Crippen LogP contribution in [0.2, 0.25) is 0 Å². The molecule has 0 aliphatic heterocycles. The van der Waals surface area contributed by atoms with Crippen LogP contribution >= 0.6 is 0 Å². The Kier molecular flexibility index (Phi) is 15.3. The first kappa shape index (κ1) is 48.8. The standard InChI is InChI=1S/C27H31F15N3O.CHF3O3S/c1-4-5-6-7-8-9-10-11-16-46-18-14-12-17(13-15-18)19-44(2)20(43-45(19)3)21(28,29)22(30,31)23(32,33)24(34,35)25(36,37)26(38,39)27(40,41)42;2-1(3,4)8(5,6)7/h12-15H,4-11,16H2,1-3H3;(H,5,6,7)/q+1;/p-1. The lowest BCUT2D eigenvalue weighted by Crippen LogP contribution is -2.72. The van der Waals surface area contributed by atoms with Gasteiger partial charge >= 0.3 is 53.0 Å². The molecule has 2 rings (SSSR count). The van der Waals surface area contributed by atoms with Crippen molar-refractivity contribution >= 4 is 10.1 Å². The van der Waals surface area contributed by atoms with E-state index in [-0.39, 0.29) is 15.9 Å². The van der Waals surface area contributed by atoms with Gasteiger partial charge in [0.25, 0.3) is 5.82 Å². The van der Waals surface area contributed by atoms with Gasteiger partial charge in [0.2, 0.25) is 0 Å². The van der Waals surface area contributed by atoms with E-state index in [2.05, 4.69) is 12.0 Å². The second-order valence-electron chi connectivity index (χ2n) is 11.5. The molecule has 0 N–H and O–H groups in total. The summed E-state index contributed by atoms with van der Waals surface area (Å²) in [6.45, 7) is 2.42. The molecule has 0 fully saturated rings. The minimum Gasteiger partial charge on any atom is -0.741 e. The summed E-state index contributed by atoms with van der Waals surface area (Å²) in [5.74, 6) is -50.0. The zero-order valence-electron chi connectivity index (χ0n) is 27.9. The van der Waals surface area contributed by atoms with Crippen molar-refractivity contribution in [2.75, 3.05) is 6.61 Å². The van der Waals surface area contributed by atoms with Crippen LogP contribution in [0.15, 0.2) is 24.3 Å². The highest BCUT2D eigenvalue weighted by Gasteiger charge is 2.94. The molecule has 314 valence electrons. The molecule has 0 saturated carbocycles. The second kappa shape index (κ2) is 16.9. The molecule has 0 atom stereocenters. The molecule has 0 radical (unpaired) electrons. The van der Waals surface area contributed by atoms with Crippen LogP contribution in [0, 0.1) is 0 Å². The van der Waals surface area contributed by atoms with E-state index < -0.39 is 69.0 Å². The van der Waals surface area contributed by atoms with Crippen LogP contribution in [0.5, 0.6) is 5.75 Å². The third-order valence-corrected chi connectivity index (χ3v) is 8.02. The highest BCUT2D eigenvalue weighted by molar-refractivity contribution is 7.86. The van der Waals surface area contributed by atoms with E-state index in [1.807, 2.05) is 0 Å². The Morgan fingerprint density at radius 3 is 1.46 bits per heavy atom. The van der Waals surface area contributed by atoms with Crippen LogP contribution in [-0.2, 0) is 30.1 Å². The van der Waals surface area contributed by atoms with Crippen LogP contribution in [-0.4, -0.2) is 70.7 Å². The number of hydrogen-bond donors (Lipinski definition) is 0. The van der Waals surface area contributed by atoms with Gasteiger partial charge in [0, 0.05) is 5.10 Å². The molecule has 0 aliphatic rings. The SMILES string of the molecule is CCCCCCCCCCOc1ccc(-c2n(C)nc(C(F)(F)C(F)(F)C(F)(F)C(F)(F)C(F)(F)C(F)(F)C(F)(F)F)[n+]2C)cc1.O=S(=O)([O-])C(F)(F)F. The zero-order chi connectivity index (χ0) is 42.6. The van der Waals surface area contributed by atoms with E-state index >= 15 is 0 Å². The number of hydrogen-bond acceptors (Lipinski definition) is 5. The van der Waals surface area contributed by atoms with E-state index in [4.69, 9.17) is 17.7 Å². The molecule has 1 heterocycles. The molecular formula is C28H31F18N3O4S. The van der Waals surface area contributed by atoms with Crippen molar-refractivity contribution in [1.29, 1.82) is 0 Å². The quantitative estimate of drug-likeness (QED) is 0.0521. The average molecular weight is 848 g/mol. The predicted molar refractivity (Wildman–Crippen MR) is 148 cm³/mol. The molecule has 1 aromatic carbocycles. The Labute approximate surface area is 295 Å². The zero-order valence-corrected chi connectivity index (χ0v) is 28.7. The van der Waals surface area contributed by atoms with Gasteiger partial charge in [0.05, 0.1) is 26.3 Å². The molecule has 7 nitrogen and oxygen atoms in total. The highest BCUT2D eigenvalue weighted by Crippen LogP contribution is 2.63. The van der Waals surface area contributed by atoms with Gasteiger partial charge in [-0.15, -0.1) is 4.68 Å². The van der Waals surface area contributed by atoms with Crippen LogP contribution in [0.3, 0.4) is 0 Å². The number of benzene rings is 1. The minimum atomic E-state index is -8.37. The highest BCUT2D eigenvalue weighted by atomic mass is 32.2. The van der Waals surface area contributed by atoms with Crippen molar-refractivity contribution in [3.05, 3.63) is 30.1 Å². The number of ether oxygens (including phenoxy) is 1. The molecule has 26 heteroatoms. The maximum absolute atomic E-state index is 14.9. The van der Waals surface area contributed by atoms with Crippen molar-refractivity contribution in [3.8, 4) is 17.1 Å². The van der Waals surface area contributed by atoms with Crippen LogP contribution in [0.4, 0.5) is 79.0 Å². The molecular weight excluding hydrogens is 816 g/mol. The molecule has 0 aliphatic carbocycles. The average Bonchev–Trinajstić information content (AvgIpc) is 3.32. The molecule has 0 unspecified atom stereocenters. The summed E-state index contributed by atoms with van der Waals surface area (Å²) < 4.78 is 270. The maximum Gasteiger partial charge on any atom is 0.485 e. The largest absolute Gasteiger partial charge is 0.741 e. The fourth-order valence-electron chi connectivity index (χ4n) is 4.46. The number of unbranched alkanes of at least 4 members (excludes halogenated alkanes) is 7. The summed E-state index contributed by atoms with van der Waals surface area (Å²) in [4.78, 5) is 0. The Hall–Kier alpha value is -3.19. The lowest BCUT2D eigenvalue weighted by molar-refractivity contribution is -0.681. The summed E-state index contributed by atoms with van der Waals surface area (Å²) in [7, 11) is -4.74. The summed E-state index contributed by atoms with van der Waals surface area (Å²) in [5.41, 5.74) is -5.75. The van der Waals surface area contributed by atoms with Gasteiger partial charge in [-0.25, -0.2) is 13.0 Å². The van der Waals surface area contributed by atoms with Gasteiger partial charge in [0.1, 0.15) is 5.75 Å². The molecule has 0 bridgehead atoms. The second-order valence-corrected chi connectivity index (χ2v) is 12.9. The van der Waals surface area contributed by atoms with E-state index in [9.17, 15) is 79.0 Å². The van der Waals surface area contributed by atoms with Gasteiger partial charge < -0.3 is 9.29 Å². The van der Waals surface area contributed by atoms with Crippen molar-refractivity contribution in [3.63, 3.8) is 0 Å². The van der Waals surface area contributed by atoms with Gasteiger partial charge in [0.15, 0.2) is 10.1 Å². The van der Waals surface area contributed by atoms with E-state index in [0.717, 1.165) is 45.6 Å².